The lowest BCUT2D eigenvalue weighted by molar-refractivity contribution is 0.528. The van der Waals surface area contributed by atoms with E-state index < -0.39 is 0 Å². The van der Waals surface area contributed by atoms with Gasteiger partial charge in [0, 0.05) is 19.7 Å². The Balaban J connectivity index is 2.25. The number of anilines is 1. The number of aromatic nitrogens is 3. The summed E-state index contributed by atoms with van der Waals surface area (Å²) >= 11 is 0. The van der Waals surface area contributed by atoms with E-state index in [1.807, 2.05) is 26.1 Å². The topological polar surface area (TPSA) is 75.8 Å². The number of hydrogen-bond acceptors (Lipinski definition) is 4. The van der Waals surface area contributed by atoms with E-state index in [4.69, 9.17) is 4.42 Å². The number of aromatic amines is 1. The molecule has 6 nitrogen and oxygen atoms in total. The number of rotatable bonds is 2. The van der Waals surface area contributed by atoms with Crippen LogP contribution in [0.5, 0.6) is 0 Å². The minimum Gasteiger partial charge on any atom is -0.408 e. The van der Waals surface area contributed by atoms with Crippen LogP contribution in [0.3, 0.4) is 0 Å². The molecular formula is C13H14N4O2. The van der Waals surface area contributed by atoms with E-state index in [9.17, 15) is 4.79 Å². The molecule has 0 unspecified atom stereocenters. The Kier molecular flexibility index (Phi) is 2.45. The van der Waals surface area contributed by atoms with Crippen LogP contribution in [0.2, 0.25) is 0 Å². The molecule has 0 aliphatic carbocycles. The first-order valence-corrected chi connectivity index (χ1v) is 5.94. The van der Waals surface area contributed by atoms with Gasteiger partial charge in [-0.1, -0.05) is 0 Å². The molecule has 98 valence electrons. The third kappa shape index (κ3) is 1.64. The molecule has 0 aliphatic rings. The predicted molar refractivity (Wildman–Crippen MR) is 73.3 cm³/mol. The van der Waals surface area contributed by atoms with Gasteiger partial charge in [0.25, 0.3) is 0 Å². The van der Waals surface area contributed by atoms with Crippen LogP contribution in [0.1, 0.15) is 5.69 Å². The highest BCUT2D eigenvalue weighted by Gasteiger charge is 2.13. The minimum atomic E-state index is -0.362. The molecule has 0 aliphatic heterocycles. The SMILES string of the molecule is CNc1c(-c2ccc3oc(=O)n(C)c3c2)n[nH]c1C. The van der Waals surface area contributed by atoms with E-state index in [0.717, 1.165) is 28.2 Å². The number of aryl methyl sites for hydroxylation is 2. The van der Waals surface area contributed by atoms with Gasteiger partial charge < -0.3 is 9.73 Å². The molecule has 0 radical (unpaired) electrons. The zero-order valence-corrected chi connectivity index (χ0v) is 10.9. The van der Waals surface area contributed by atoms with Crippen molar-refractivity contribution in [3.05, 3.63) is 34.4 Å². The molecule has 2 heterocycles. The van der Waals surface area contributed by atoms with Crippen LogP contribution < -0.4 is 11.1 Å². The smallest absolute Gasteiger partial charge is 0.408 e. The lowest BCUT2D eigenvalue weighted by atomic mass is 10.1. The molecule has 19 heavy (non-hydrogen) atoms. The Morgan fingerprint density at radius 3 is 2.95 bits per heavy atom. The quantitative estimate of drug-likeness (QED) is 0.735. The van der Waals surface area contributed by atoms with Crippen LogP contribution in [-0.2, 0) is 7.05 Å². The van der Waals surface area contributed by atoms with Gasteiger partial charge >= 0.3 is 5.76 Å². The molecule has 3 aromatic rings. The van der Waals surface area contributed by atoms with E-state index in [1.165, 1.54) is 4.57 Å². The van der Waals surface area contributed by atoms with Crippen molar-refractivity contribution >= 4 is 16.8 Å². The molecule has 0 amide bonds. The molecule has 6 heteroatoms. The van der Waals surface area contributed by atoms with Crippen molar-refractivity contribution in [3.8, 4) is 11.3 Å². The first-order valence-electron chi connectivity index (χ1n) is 5.94. The standard InChI is InChI=1S/C13H14N4O2/c1-7-11(14-2)12(16-15-7)8-4-5-10-9(6-8)17(3)13(18)19-10/h4-6,14H,1-3H3,(H,15,16). The average Bonchev–Trinajstić information content (AvgIpc) is 2.91. The van der Waals surface area contributed by atoms with Gasteiger partial charge in [-0.15, -0.1) is 0 Å². The van der Waals surface area contributed by atoms with Crippen molar-refractivity contribution in [2.24, 2.45) is 7.05 Å². The summed E-state index contributed by atoms with van der Waals surface area (Å²) in [7, 11) is 3.54. The fraction of sp³-hybridized carbons (Fsp3) is 0.231. The summed E-state index contributed by atoms with van der Waals surface area (Å²) in [5.74, 6) is -0.362. The van der Waals surface area contributed by atoms with Crippen LogP contribution in [0.4, 0.5) is 5.69 Å². The zero-order chi connectivity index (χ0) is 13.6. The number of H-pyrrole nitrogens is 1. The van der Waals surface area contributed by atoms with Crippen LogP contribution in [-0.4, -0.2) is 21.8 Å². The molecule has 3 rings (SSSR count). The molecule has 0 saturated carbocycles. The second-order valence-electron chi connectivity index (χ2n) is 4.43. The highest BCUT2D eigenvalue weighted by Crippen LogP contribution is 2.29. The van der Waals surface area contributed by atoms with Gasteiger partial charge in [0.2, 0.25) is 0 Å². The number of benzene rings is 1. The fourth-order valence-corrected chi connectivity index (χ4v) is 2.22. The molecule has 0 fully saturated rings. The number of oxazole rings is 1. The maximum Gasteiger partial charge on any atom is 0.419 e. The van der Waals surface area contributed by atoms with Crippen molar-refractivity contribution in [1.29, 1.82) is 0 Å². The van der Waals surface area contributed by atoms with Crippen molar-refractivity contribution in [2.75, 3.05) is 12.4 Å². The van der Waals surface area contributed by atoms with Gasteiger partial charge in [-0.05, 0) is 25.1 Å². The number of hydrogen-bond donors (Lipinski definition) is 2. The van der Waals surface area contributed by atoms with E-state index in [2.05, 4.69) is 15.5 Å². The number of nitrogens with zero attached hydrogens (tertiary/aromatic N) is 2. The van der Waals surface area contributed by atoms with Gasteiger partial charge in [0.15, 0.2) is 5.58 Å². The summed E-state index contributed by atoms with van der Waals surface area (Å²) in [6, 6.07) is 5.58. The number of fused-ring (bicyclic) bond motifs is 1. The summed E-state index contributed by atoms with van der Waals surface area (Å²) in [5, 5.41) is 10.4. The Bertz CT molecular complexity index is 810. The molecule has 0 saturated heterocycles. The van der Waals surface area contributed by atoms with Crippen molar-refractivity contribution in [3.63, 3.8) is 0 Å². The van der Waals surface area contributed by atoms with Crippen LogP contribution >= 0.6 is 0 Å². The first kappa shape index (κ1) is 11.6. The molecule has 0 bridgehead atoms. The Labute approximate surface area is 109 Å². The van der Waals surface area contributed by atoms with Crippen LogP contribution in [0.15, 0.2) is 27.4 Å². The average molecular weight is 258 g/mol. The van der Waals surface area contributed by atoms with E-state index in [-0.39, 0.29) is 5.76 Å². The highest BCUT2D eigenvalue weighted by molar-refractivity contribution is 5.84. The Morgan fingerprint density at radius 1 is 1.42 bits per heavy atom. The maximum absolute atomic E-state index is 11.5. The molecule has 2 aromatic heterocycles. The lowest BCUT2D eigenvalue weighted by Gasteiger charge is -2.03. The molecule has 0 atom stereocenters. The Hall–Kier alpha value is -2.50. The summed E-state index contributed by atoms with van der Waals surface area (Å²) in [5.41, 5.74) is 5.01. The lowest BCUT2D eigenvalue weighted by Crippen LogP contribution is -2.08. The van der Waals surface area contributed by atoms with Crippen LogP contribution in [0.25, 0.3) is 22.4 Å². The highest BCUT2D eigenvalue weighted by atomic mass is 16.4. The van der Waals surface area contributed by atoms with Gasteiger partial charge in [0.05, 0.1) is 16.9 Å². The molecule has 2 N–H and O–H groups in total. The summed E-state index contributed by atoms with van der Waals surface area (Å²) in [6.07, 6.45) is 0. The predicted octanol–water partition coefficient (Wildman–Crippen LogP) is 1.87. The van der Waals surface area contributed by atoms with E-state index >= 15 is 0 Å². The van der Waals surface area contributed by atoms with E-state index in [1.54, 1.807) is 13.1 Å². The normalized spacial score (nSPS) is 11.1. The van der Waals surface area contributed by atoms with Gasteiger partial charge in [-0.2, -0.15) is 5.10 Å². The fourth-order valence-electron chi connectivity index (χ4n) is 2.22. The molecular weight excluding hydrogens is 244 g/mol. The summed E-state index contributed by atoms with van der Waals surface area (Å²) < 4.78 is 6.60. The first-order chi connectivity index (χ1) is 9.11. The van der Waals surface area contributed by atoms with Gasteiger partial charge in [-0.25, -0.2) is 4.79 Å². The summed E-state index contributed by atoms with van der Waals surface area (Å²) in [4.78, 5) is 11.5. The maximum atomic E-state index is 11.5. The van der Waals surface area contributed by atoms with E-state index in [0.29, 0.717) is 5.58 Å². The largest absolute Gasteiger partial charge is 0.419 e. The number of nitrogens with one attached hydrogen (secondary N) is 2. The van der Waals surface area contributed by atoms with Crippen molar-refractivity contribution < 1.29 is 4.42 Å². The van der Waals surface area contributed by atoms with Gasteiger partial charge in [-0.3, -0.25) is 9.67 Å². The summed E-state index contributed by atoms with van der Waals surface area (Å²) in [6.45, 7) is 1.95. The Morgan fingerprint density at radius 2 is 2.21 bits per heavy atom. The third-order valence-corrected chi connectivity index (χ3v) is 3.26. The monoisotopic (exact) mass is 258 g/mol. The van der Waals surface area contributed by atoms with Crippen molar-refractivity contribution in [1.82, 2.24) is 14.8 Å². The third-order valence-electron chi connectivity index (χ3n) is 3.26. The molecule has 1 aromatic carbocycles. The second-order valence-corrected chi connectivity index (χ2v) is 4.43. The second kappa shape index (κ2) is 4.01. The zero-order valence-electron chi connectivity index (χ0n) is 10.9. The van der Waals surface area contributed by atoms with Crippen LogP contribution in [0, 0.1) is 6.92 Å². The van der Waals surface area contributed by atoms with Gasteiger partial charge in [0.1, 0.15) is 5.69 Å². The molecule has 0 spiro atoms. The minimum absolute atomic E-state index is 0.362. The van der Waals surface area contributed by atoms with Crippen molar-refractivity contribution in [2.45, 2.75) is 6.92 Å².